The molecule has 110 valence electrons. The van der Waals surface area contributed by atoms with E-state index in [0.717, 1.165) is 24.4 Å². The number of hydrogen-bond donors (Lipinski definition) is 1. The van der Waals surface area contributed by atoms with Crippen molar-refractivity contribution in [1.82, 2.24) is 14.5 Å². The minimum atomic E-state index is -0.293. The molecular formula is C16H25N3O. The fourth-order valence-electron chi connectivity index (χ4n) is 2.61. The van der Waals surface area contributed by atoms with Crippen LogP contribution in [-0.2, 0) is 6.54 Å². The van der Waals surface area contributed by atoms with Crippen molar-refractivity contribution in [2.45, 2.75) is 46.4 Å². The number of rotatable bonds is 6. The zero-order chi connectivity index (χ0) is 14.7. The van der Waals surface area contributed by atoms with Crippen molar-refractivity contribution in [3.8, 4) is 0 Å². The molecule has 0 saturated heterocycles. The van der Waals surface area contributed by atoms with E-state index in [1.54, 1.807) is 0 Å². The van der Waals surface area contributed by atoms with Crippen LogP contribution in [-0.4, -0.2) is 44.8 Å². The molecule has 1 unspecified atom stereocenters. The third kappa shape index (κ3) is 3.38. The van der Waals surface area contributed by atoms with E-state index >= 15 is 0 Å². The fraction of sp³-hybridized carbons (Fsp3) is 0.562. The number of para-hydroxylation sites is 2. The maximum Gasteiger partial charge on any atom is 0.106 e. The Balaban J connectivity index is 2.13. The first-order valence-electron chi connectivity index (χ1n) is 7.33. The lowest BCUT2D eigenvalue weighted by Gasteiger charge is -2.28. The summed E-state index contributed by atoms with van der Waals surface area (Å²) in [6, 6.07) is 8.67. The number of fused-ring (bicyclic) bond motifs is 1. The van der Waals surface area contributed by atoms with Gasteiger partial charge in [0.2, 0.25) is 0 Å². The highest BCUT2D eigenvalue weighted by atomic mass is 16.3. The molecule has 0 radical (unpaired) electrons. The molecule has 4 heteroatoms. The molecule has 1 N–H and O–H groups in total. The lowest BCUT2D eigenvalue weighted by molar-refractivity contribution is 0.105. The van der Waals surface area contributed by atoms with Gasteiger partial charge in [0.05, 0.1) is 17.1 Å². The van der Waals surface area contributed by atoms with Crippen LogP contribution in [0.15, 0.2) is 24.3 Å². The summed E-state index contributed by atoms with van der Waals surface area (Å²) in [6.07, 6.45) is -0.293. The molecule has 2 rings (SSSR count). The van der Waals surface area contributed by atoms with Gasteiger partial charge in [0.25, 0.3) is 0 Å². The van der Waals surface area contributed by atoms with Gasteiger partial charge < -0.3 is 9.67 Å². The highest BCUT2D eigenvalue weighted by molar-refractivity contribution is 5.75. The number of imidazole rings is 1. The maximum absolute atomic E-state index is 9.59. The highest BCUT2D eigenvalue weighted by Gasteiger charge is 2.13. The molecule has 1 aromatic heterocycles. The minimum Gasteiger partial charge on any atom is -0.392 e. The first-order valence-corrected chi connectivity index (χ1v) is 7.33. The second-order valence-electron chi connectivity index (χ2n) is 5.74. The summed E-state index contributed by atoms with van der Waals surface area (Å²) in [5.74, 6) is 1.05. The number of aryl methyl sites for hydroxylation is 1. The summed E-state index contributed by atoms with van der Waals surface area (Å²) in [7, 11) is 0. The van der Waals surface area contributed by atoms with Crippen molar-refractivity contribution in [1.29, 1.82) is 0 Å². The Morgan fingerprint density at radius 3 is 2.60 bits per heavy atom. The van der Waals surface area contributed by atoms with Gasteiger partial charge >= 0.3 is 0 Å². The van der Waals surface area contributed by atoms with Gasteiger partial charge in [0.15, 0.2) is 0 Å². The van der Waals surface area contributed by atoms with Crippen LogP contribution in [0.2, 0.25) is 0 Å². The van der Waals surface area contributed by atoms with Gasteiger partial charge in [0.1, 0.15) is 5.82 Å². The van der Waals surface area contributed by atoms with E-state index in [-0.39, 0.29) is 6.10 Å². The molecule has 1 heterocycles. The fourth-order valence-corrected chi connectivity index (χ4v) is 2.61. The van der Waals surface area contributed by atoms with E-state index in [2.05, 4.69) is 46.5 Å². The normalized spacial score (nSPS) is 13.6. The first kappa shape index (κ1) is 15.0. The third-order valence-corrected chi connectivity index (χ3v) is 3.69. The van der Waals surface area contributed by atoms with Crippen LogP contribution >= 0.6 is 0 Å². The largest absolute Gasteiger partial charge is 0.392 e. The maximum atomic E-state index is 9.59. The first-order chi connectivity index (χ1) is 9.49. The number of aromatic nitrogens is 2. The average molecular weight is 275 g/mol. The van der Waals surface area contributed by atoms with Crippen molar-refractivity contribution in [2.75, 3.05) is 13.1 Å². The average Bonchev–Trinajstić information content (AvgIpc) is 2.69. The molecule has 0 bridgehead atoms. The Morgan fingerprint density at radius 1 is 1.25 bits per heavy atom. The molecule has 0 fully saturated rings. The number of nitrogens with zero attached hydrogens (tertiary/aromatic N) is 3. The van der Waals surface area contributed by atoms with Gasteiger partial charge in [-0.05, 0) is 39.8 Å². The van der Waals surface area contributed by atoms with Gasteiger partial charge in [-0.3, -0.25) is 4.90 Å². The zero-order valence-electron chi connectivity index (χ0n) is 12.9. The monoisotopic (exact) mass is 275 g/mol. The van der Waals surface area contributed by atoms with E-state index in [1.165, 1.54) is 5.52 Å². The summed E-state index contributed by atoms with van der Waals surface area (Å²) in [4.78, 5) is 6.90. The Labute approximate surface area is 121 Å². The number of aliphatic hydroxyl groups is 1. The van der Waals surface area contributed by atoms with Crippen molar-refractivity contribution in [3.05, 3.63) is 30.1 Å². The van der Waals surface area contributed by atoms with Crippen LogP contribution in [0.1, 0.15) is 26.6 Å². The van der Waals surface area contributed by atoms with Crippen LogP contribution < -0.4 is 0 Å². The summed E-state index contributed by atoms with van der Waals surface area (Å²) in [5, 5.41) is 9.59. The Kier molecular flexibility index (Phi) is 4.78. The van der Waals surface area contributed by atoms with Crippen LogP contribution in [0.4, 0.5) is 0 Å². The van der Waals surface area contributed by atoms with Crippen molar-refractivity contribution in [2.24, 2.45) is 0 Å². The van der Waals surface area contributed by atoms with Crippen LogP contribution in [0, 0.1) is 6.92 Å². The molecule has 0 amide bonds. The molecule has 0 aliphatic carbocycles. The second-order valence-corrected chi connectivity index (χ2v) is 5.74. The standard InChI is InChI=1S/C16H25N3O/c1-12(2)18(11-13(3)20)9-10-19-14(4)17-15-7-5-6-8-16(15)19/h5-8,12-13,20H,9-11H2,1-4H3. The Hall–Kier alpha value is -1.39. The molecule has 2 aromatic rings. The van der Waals surface area contributed by atoms with E-state index in [4.69, 9.17) is 0 Å². The van der Waals surface area contributed by atoms with Crippen molar-refractivity contribution in [3.63, 3.8) is 0 Å². The Morgan fingerprint density at radius 2 is 1.95 bits per heavy atom. The summed E-state index contributed by atoms with van der Waals surface area (Å²) < 4.78 is 2.26. The molecule has 0 aliphatic heterocycles. The second kappa shape index (κ2) is 6.37. The van der Waals surface area contributed by atoms with E-state index in [1.807, 2.05) is 19.9 Å². The molecule has 0 spiro atoms. The topological polar surface area (TPSA) is 41.3 Å². The quantitative estimate of drug-likeness (QED) is 0.880. The van der Waals surface area contributed by atoms with Crippen molar-refractivity contribution < 1.29 is 5.11 Å². The number of hydrogen-bond acceptors (Lipinski definition) is 3. The van der Waals surface area contributed by atoms with E-state index < -0.39 is 0 Å². The van der Waals surface area contributed by atoms with Gasteiger partial charge in [0, 0.05) is 25.7 Å². The van der Waals surface area contributed by atoms with Crippen molar-refractivity contribution >= 4 is 11.0 Å². The van der Waals surface area contributed by atoms with E-state index in [9.17, 15) is 5.11 Å². The number of aliphatic hydroxyl groups excluding tert-OH is 1. The Bertz CT molecular complexity index is 560. The molecule has 1 atom stereocenters. The third-order valence-electron chi connectivity index (χ3n) is 3.69. The molecule has 0 saturated carbocycles. The van der Waals surface area contributed by atoms with Crippen LogP contribution in [0.25, 0.3) is 11.0 Å². The van der Waals surface area contributed by atoms with Crippen LogP contribution in [0.5, 0.6) is 0 Å². The zero-order valence-corrected chi connectivity index (χ0v) is 12.9. The molecular weight excluding hydrogens is 250 g/mol. The summed E-state index contributed by atoms with van der Waals surface area (Å²) >= 11 is 0. The van der Waals surface area contributed by atoms with Gasteiger partial charge in [-0.15, -0.1) is 0 Å². The highest BCUT2D eigenvalue weighted by Crippen LogP contribution is 2.15. The molecule has 1 aromatic carbocycles. The molecule has 20 heavy (non-hydrogen) atoms. The smallest absolute Gasteiger partial charge is 0.106 e. The molecule has 4 nitrogen and oxygen atoms in total. The minimum absolute atomic E-state index is 0.293. The summed E-state index contributed by atoms with van der Waals surface area (Å²) in [6.45, 7) is 10.8. The SMILES string of the molecule is Cc1nc2ccccc2n1CCN(CC(C)O)C(C)C. The van der Waals surface area contributed by atoms with Gasteiger partial charge in [-0.2, -0.15) is 0 Å². The lowest BCUT2D eigenvalue weighted by atomic mass is 10.2. The van der Waals surface area contributed by atoms with Gasteiger partial charge in [-0.25, -0.2) is 4.98 Å². The predicted octanol–water partition coefficient (Wildman–Crippen LogP) is 2.44. The lowest BCUT2D eigenvalue weighted by Crippen LogP contribution is -2.38. The summed E-state index contributed by atoms with van der Waals surface area (Å²) in [5.41, 5.74) is 2.24. The number of benzene rings is 1. The van der Waals surface area contributed by atoms with E-state index in [0.29, 0.717) is 12.6 Å². The van der Waals surface area contributed by atoms with Gasteiger partial charge in [-0.1, -0.05) is 12.1 Å². The molecule has 0 aliphatic rings. The van der Waals surface area contributed by atoms with Crippen LogP contribution in [0.3, 0.4) is 0 Å². The predicted molar refractivity (Wildman–Crippen MR) is 82.9 cm³/mol.